The number of pyridine rings is 1. The van der Waals surface area contributed by atoms with E-state index in [1.165, 1.54) is 17.8 Å². The Bertz CT molecular complexity index is 1390. The Balaban J connectivity index is 0.00000370. The summed E-state index contributed by atoms with van der Waals surface area (Å²) in [6, 6.07) is 14.5. The van der Waals surface area contributed by atoms with E-state index < -0.39 is 12.4 Å². The second-order valence-corrected chi connectivity index (χ2v) is 10.8. The largest absolute Gasteiger partial charge is 0.478 e. The van der Waals surface area contributed by atoms with Crippen LogP contribution >= 0.6 is 24.0 Å². The molecule has 0 bridgehead atoms. The highest BCUT2D eigenvalue weighted by atomic mass is 35.5. The number of fused-ring (bicyclic) bond motifs is 1. The number of hydrogen-bond acceptors (Lipinski definition) is 3. The van der Waals surface area contributed by atoms with Gasteiger partial charge in [0.2, 0.25) is 0 Å². The number of aryl methyl sites for hydroxylation is 1. The number of carboxylic acids is 1. The van der Waals surface area contributed by atoms with Gasteiger partial charge in [0, 0.05) is 31.4 Å². The molecule has 1 aliphatic heterocycles. The van der Waals surface area contributed by atoms with E-state index in [2.05, 4.69) is 22.0 Å². The van der Waals surface area contributed by atoms with E-state index in [-0.39, 0.29) is 40.9 Å². The Kier molecular flexibility index (Phi) is 9.93. The summed E-state index contributed by atoms with van der Waals surface area (Å²) in [6.07, 6.45) is 1.95. The van der Waals surface area contributed by atoms with Crippen molar-refractivity contribution in [2.45, 2.75) is 38.5 Å². The predicted octanol–water partition coefficient (Wildman–Crippen LogP) is 7.92. The number of carboxylic acid groups (broad SMARTS) is 1. The zero-order chi connectivity index (χ0) is 27.5. The van der Waals surface area contributed by atoms with Gasteiger partial charge in [-0.3, -0.25) is 9.37 Å². The van der Waals surface area contributed by atoms with Gasteiger partial charge in [-0.2, -0.15) is 0 Å². The summed E-state index contributed by atoms with van der Waals surface area (Å²) >= 11 is 6.04. The molecule has 1 aliphatic carbocycles. The SMILES string of the molecule is Cl.O=C(O)c1ccc2c(c1)CCCC(c1ncc(Cl)cc1C(F)F)=C2c1ccc(CC2CN(CCCF)C2)cc1. The lowest BCUT2D eigenvalue weighted by atomic mass is 9.86. The van der Waals surface area contributed by atoms with Crippen molar-refractivity contribution in [3.05, 3.63) is 98.8 Å². The molecule has 2 heterocycles. The second kappa shape index (κ2) is 13.2. The van der Waals surface area contributed by atoms with E-state index >= 15 is 0 Å². The second-order valence-electron chi connectivity index (χ2n) is 10.3. The number of likely N-dealkylation sites (tertiary alicyclic amines) is 1. The minimum absolute atomic E-state index is 0. The van der Waals surface area contributed by atoms with Crippen molar-refractivity contribution in [1.82, 2.24) is 9.88 Å². The number of carbonyl (C=O) groups is 1. The first kappa shape index (κ1) is 30.1. The third-order valence-corrected chi connectivity index (χ3v) is 7.82. The van der Waals surface area contributed by atoms with Crippen molar-refractivity contribution in [2.75, 3.05) is 26.3 Å². The molecule has 4 nitrogen and oxygen atoms in total. The van der Waals surface area contributed by atoms with Gasteiger partial charge in [-0.05, 0) is 89.6 Å². The number of nitrogens with zero attached hydrogens (tertiary/aromatic N) is 2. The van der Waals surface area contributed by atoms with Crippen molar-refractivity contribution < 1.29 is 23.1 Å². The van der Waals surface area contributed by atoms with Crippen LogP contribution in [0.15, 0.2) is 54.7 Å². The minimum atomic E-state index is -2.74. The van der Waals surface area contributed by atoms with E-state index in [1.807, 2.05) is 12.1 Å². The van der Waals surface area contributed by atoms with Crippen LogP contribution in [-0.2, 0) is 12.8 Å². The summed E-state index contributed by atoms with van der Waals surface area (Å²) in [7, 11) is 0. The van der Waals surface area contributed by atoms with Crippen molar-refractivity contribution >= 4 is 41.1 Å². The Hall–Kier alpha value is -2.87. The number of hydrogen-bond donors (Lipinski definition) is 1. The van der Waals surface area contributed by atoms with Gasteiger partial charge in [-0.25, -0.2) is 13.6 Å². The Morgan fingerprint density at radius 1 is 1.10 bits per heavy atom. The van der Waals surface area contributed by atoms with Gasteiger partial charge in [-0.1, -0.05) is 41.9 Å². The minimum Gasteiger partial charge on any atom is -0.478 e. The summed E-state index contributed by atoms with van der Waals surface area (Å²) < 4.78 is 40.7. The molecule has 1 N–H and O–H groups in total. The molecular weight excluding hydrogens is 560 g/mol. The first-order valence-electron chi connectivity index (χ1n) is 13.3. The molecule has 1 fully saturated rings. The summed E-state index contributed by atoms with van der Waals surface area (Å²) in [5.41, 5.74) is 5.48. The fourth-order valence-electron chi connectivity index (χ4n) is 5.77. The maximum atomic E-state index is 14.1. The fraction of sp³-hybridized carbons (Fsp3) is 0.355. The monoisotopic (exact) mass is 590 g/mol. The maximum absolute atomic E-state index is 14.1. The van der Waals surface area contributed by atoms with Crippen LogP contribution in [0.25, 0.3) is 11.1 Å². The molecule has 2 aliphatic rings. The number of alkyl halides is 3. The lowest BCUT2D eigenvalue weighted by molar-refractivity contribution is 0.0696. The smallest absolute Gasteiger partial charge is 0.335 e. The summed E-state index contributed by atoms with van der Waals surface area (Å²) in [5.74, 6) is -0.471. The van der Waals surface area contributed by atoms with Gasteiger partial charge in [0.1, 0.15) is 0 Å². The molecule has 5 rings (SSSR count). The molecular formula is C31H31Cl2F3N2O2. The number of aromatic carboxylic acids is 1. The molecule has 40 heavy (non-hydrogen) atoms. The summed E-state index contributed by atoms with van der Waals surface area (Å²) in [6.45, 7) is 2.45. The molecule has 212 valence electrons. The van der Waals surface area contributed by atoms with E-state index in [4.69, 9.17) is 11.6 Å². The molecule has 3 aromatic rings. The standard InChI is InChI=1S/C31H30ClF3N2O2.ClH/c32-24-15-27(30(34)35)29(36-16-24)26-4-1-3-22-14-23(31(38)39)9-10-25(22)28(26)21-7-5-19(6-8-21)13-20-17-37(18-20)12-2-11-33;/h5-10,14-16,20,30H,1-4,11-13,17-18H2,(H,38,39);1H. The van der Waals surface area contributed by atoms with Crippen LogP contribution in [0.1, 0.15) is 69.6 Å². The summed E-state index contributed by atoms with van der Waals surface area (Å²) in [4.78, 5) is 18.3. The molecule has 0 atom stereocenters. The Morgan fingerprint density at radius 2 is 1.85 bits per heavy atom. The van der Waals surface area contributed by atoms with Crippen LogP contribution in [0.2, 0.25) is 5.02 Å². The van der Waals surface area contributed by atoms with E-state index in [9.17, 15) is 23.1 Å². The van der Waals surface area contributed by atoms with Crippen molar-refractivity contribution in [2.24, 2.45) is 5.92 Å². The van der Waals surface area contributed by atoms with E-state index in [1.54, 1.807) is 18.2 Å². The molecule has 0 unspecified atom stereocenters. The number of benzene rings is 2. The fourth-order valence-corrected chi connectivity index (χ4v) is 5.94. The van der Waals surface area contributed by atoms with Crippen molar-refractivity contribution in [1.29, 1.82) is 0 Å². The molecule has 0 radical (unpaired) electrons. The summed E-state index contributed by atoms with van der Waals surface area (Å²) in [5, 5.41) is 9.69. The zero-order valence-electron chi connectivity index (χ0n) is 21.9. The number of aromatic nitrogens is 1. The van der Waals surface area contributed by atoms with Crippen LogP contribution in [0.4, 0.5) is 13.2 Å². The average Bonchev–Trinajstić information content (AvgIpc) is 3.09. The molecule has 0 spiro atoms. The maximum Gasteiger partial charge on any atom is 0.335 e. The first-order valence-corrected chi connectivity index (χ1v) is 13.6. The number of allylic oxidation sites excluding steroid dienone is 1. The van der Waals surface area contributed by atoms with Gasteiger partial charge in [-0.15, -0.1) is 12.4 Å². The van der Waals surface area contributed by atoms with Gasteiger partial charge >= 0.3 is 5.97 Å². The predicted molar refractivity (Wildman–Crippen MR) is 154 cm³/mol. The Labute approximate surface area is 243 Å². The van der Waals surface area contributed by atoms with Crippen molar-refractivity contribution in [3.8, 4) is 0 Å². The van der Waals surface area contributed by atoms with Crippen LogP contribution in [0.5, 0.6) is 0 Å². The highest BCUT2D eigenvalue weighted by molar-refractivity contribution is 6.30. The Morgan fingerprint density at radius 3 is 2.52 bits per heavy atom. The third-order valence-electron chi connectivity index (χ3n) is 7.61. The van der Waals surface area contributed by atoms with E-state index in [0.29, 0.717) is 37.2 Å². The molecule has 0 saturated carbocycles. The quantitative estimate of drug-likeness (QED) is 0.275. The van der Waals surface area contributed by atoms with Crippen molar-refractivity contribution in [3.63, 3.8) is 0 Å². The third kappa shape index (κ3) is 6.54. The van der Waals surface area contributed by atoms with Gasteiger partial charge in [0.25, 0.3) is 6.43 Å². The van der Waals surface area contributed by atoms with Crippen LogP contribution in [0.3, 0.4) is 0 Å². The highest BCUT2D eigenvalue weighted by Crippen LogP contribution is 2.42. The van der Waals surface area contributed by atoms with Gasteiger partial charge in [0.05, 0.1) is 23.0 Å². The van der Waals surface area contributed by atoms with Crippen LogP contribution in [-0.4, -0.2) is 47.3 Å². The number of rotatable bonds is 9. The normalized spacial score (nSPS) is 15.8. The topological polar surface area (TPSA) is 53.4 Å². The zero-order valence-corrected chi connectivity index (χ0v) is 23.5. The first-order chi connectivity index (χ1) is 18.8. The molecule has 0 amide bonds. The van der Waals surface area contributed by atoms with Crippen LogP contribution < -0.4 is 0 Å². The van der Waals surface area contributed by atoms with Gasteiger partial charge in [0.15, 0.2) is 0 Å². The lowest BCUT2D eigenvalue weighted by Crippen LogP contribution is -2.47. The van der Waals surface area contributed by atoms with E-state index in [0.717, 1.165) is 48.3 Å². The van der Waals surface area contributed by atoms with Crippen LogP contribution in [0, 0.1) is 5.92 Å². The van der Waals surface area contributed by atoms with Gasteiger partial charge < -0.3 is 10.0 Å². The molecule has 2 aromatic carbocycles. The molecule has 9 heteroatoms. The average molecular weight is 592 g/mol. The number of halogens is 5. The molecule has 1 aromatic heterocycles. The highest BCUT2D eigenvalue weighted by Gasteiger charge is 2.28. The molecule has 1 saturated heterocycles. The lowest BCUT2D eigenvalue weighted by Gasteiger charge is -2.39.